The van der Waals surface area contributed by atoms with Crippen molar-refractivity contribution in [2.75, 3.05) is 0 Å². The topological polar surface area (TPSA) is 22.1 Å². The van der Waals surface area contributed by atoms with Crippen LogP contribution in [0.2, 0.25) is 5.79 Å². The Morgan fingerprint density at radius 3 is 2.92 bits per heavy atom. The summed E-state index contributed by atoms with van der Waals surface area (Å²) in [4.78, 5) is 4.29. The molecule has 0 aliphatic rings. The van der Waals surface area contributed by atoms with Gasteiger partial charge in [0.1, 0.15) is 11.3 Å². The molecule has 0 aliphatic heterocycles. The Bertz CT molecular complexity index is 411. The van der Waals surface area contributed by atoms with Crippen molar-refractivity contribution >= 4 is 26.5 Å². The van der Waals surface area contributed by atoms with E-state index in [1.54, 1.807) is 6.20 Å². The predicted octanol–water partition coefficient (Wildman–Crippen LogP) is 2.28. The molecule has 0 saturated heterocycles. The van der Waals surface area contributed by atoms with Crippen molar-refractivity contribution in [2.24, 2.45) is 0 Å². The third-order valence-electron chi connectivity index (χ3n) is 1.84. The van der Waals surface area contributed by atoms with Crippen molar-refractivity contribution in [1.29, 1.82) is 0 Å². The maximum absolute atomic E-state index is 5.54. The third-order valence-corrected chi connectivity index (χ3v) is 2.33. The van der Waals surface area contributed by atoms with E-state index in [9.17, 15) is 0 Å². The van der Waals surface area contributed by atoms with Crippen molar-refractivity contribution in [2.45, 2.75) is 5.79 Å². The number of aromatic nitrogens is 1. The quantitative estimate of drug-likeness (QED) is 0.671. The van der Waals surface area contributed by atoms with Gasteiger partial charge in [0.05, 0.1) is 0 Å². The first kappa shape index (κ1) is 8.56. The van der Waals surface area contributed by atoms with Crippen molar-refractivity contribution in [3.8, 4) is 5.75 Å². The first-order chi connectivity index (χ1) is 6.42. The van der Waals surface area contributed by atoms with Crippen LogP contribution >= 0.6 is 0 Å². The molecule has 0 amide bonds. The molecule has 1 aromatic heterocycles. The van der Waals surface area contributed by atoms with E-state index in [1.165, 1.54) is 0 Å². The Labute approximate surface area is 83.6 Å². The molecule has 0 fully saturated rings. The van der Waals surface area contributed by atoms with Crippen LogP contribution in [-0.2, 0) is 0 Å². The second kappa shape index (κ2) is 3.78. The van der Waals surface area contributed by atoms with E-state index in [1.807, 2.05) is 30.3 Å². The summed E-state index contributed by atoms with van der Waals surface area (Å²) in [7, 11) is 0. The molecule has 0 saturated carbocycles. The van der Waals surface area contributed by atoms with Gasteiger partial charge in [-0.3, -0.25) is 4.98 Å². The van der Waals surface area contributed by atoms with Gasteiger partial charge >= 0.3 is 15.6 Å². The minimum atomic E-state index is 0.0230. The Kier molecular flexibility index (Phi) is 2.49. The normalized spacial score (nSPS) is 9.92. The van der Waals surface area contributed by atoms with Gasteiger partial charge in [-0.05, 0) is 12.1 Å². The number of hydrogen-bond donors (Lipinski definition) is 0. The van der Waals surface area contributed by atoms with Crippen LogP contribution < -0.4 is 3.79 Å². The van der Waals surface area contributed by atoms with E-state index in [0.717, 1.165) is 16.7 Å². The lowest BCUT2D eigenvalue weighted by atomic mass is 10.2. The van der Waals surface area contributed by atoms with Crippen LogP contribution in [-0.4, -0.2) is 20.5 Å². The molecule has 1 heterocycles. The molecule has 1 aromatic carbocycles. The lowest BCUT2D eigenvalue weighted by Gasteiger charge is -2.06. The Morgan fingerprint density at radius 1 is 1.23 bits per heavy atom. The van der Waals surface area contributed by atoms with Gasteiger partial charge in [-0.15, -0.1) is 0 Å². The first-order valence-electron chi connectivity index (χ1n) is 4.20. The van der Waals surface area contributed by atoms with Crippen LogP contribution in [0, 0.1) is 0 Å². The zero-order chi connectivity index (χ0) is 9.10. The molecule has 1 radical (unpaired) electrons. The third kappa shape index (κ3) is 1.67. The van der Waals surface area contributed by atoms with E-state index in [4.69, 9.17) is 3.79 Å². The fourth-order valence-electron chi connectivity index (χ4n) is 1.30. The highest BCUT2D eigenvalue weighted by molar-refractivity contribution is 6.26. The number of fused-ring (bicyclic) bond motifs is 1. The fourth-order valence-corrected chi connectivity index (χ4v) is 1.74. The van der Waals surface area contributed by atoms with Crippen LogP contribution in [0.5, 0.6) is 5.75 Å². The molecule has 0 N–H and O–H groups in total. The molecule has 2 nitrogen and oxygen atoms in total. The molecule has 0 atom stereocenters. The lowest BCUT2D eigenvalue weighted by Crippen LogP contribution is -1.96. The summed E-state index contributed by atoms with van der Waals surface area (Å²) in [5.74, 6) is 2.96. The Balaban J connectivity index is 2.61. The lowest BCUT2D eigenvalue weighted by molar-refractivity contribution is 0.605. The van der Waals surface area contributed by atoms with E-state index in [0.29, 0.717) is 0 Å². The van der Waals surface area contributed by atoms with Crippen molar-refractivity contribution in [3.05, 3.63) is 36.5 Å². The molecule has 3 heteroatoms. The fraction of sp³-hybridized carbons (Fsp3) is 0.100. The monoisotopic (exact) mass is 186 g/mol. The van der Waals surface area contributed by atoms with Crippen LogP contribution in [0.15, 0.2) is 36.5 Å². The zero-order valence-corrected chi connectivity index (χ0v) is 8.55. The number of rotatable bonds is 2. The molecule has 0 unspecified atom stereocenters. The van der Waals surface area contributed by atoms with E-state index in [2.05, 4.69) is 10.8 Å². The summed E-state index contributed by atoms with van der Waals surface area (Å²) in [6.45, 7) is 0. The zero-order valence-electron chi connectivity index (χ0n) is 7.40. The molecule has 2 aromatic rings. The number of nitrogens with zero attached hydrogens (tertiary/aromatic N) is 1. The SMILES string of the molecule is [CH3][Al][O]c1cccc2cccnc12. The molecule has 0 spiro atoms. The van der Waals surface area contributed by atoms with Crippen molar-refractivity contribution in [1.82, 2.24) is 4.98 Å². The number of hydrogen-bond acceptors (Lipinski definition) is 2. The highest BCUT2D eigenvalue weighted by atomic mass is 27.1. The molecule has 13 heavy (non-hydrogen) atoms. The van der Waals surface area contributed by atoms with Crippen molar-refractivity contribution in [3.63, 3.8) is 0 Å². The second-order valence-corrected chi connectivity index (χ2v) is 3.39. The van der Waals surface area contributed by atoms with Gasteiger partial charge in [0.25, 0.3) is 0 Å². The summed E-state index contributed by atoms with van der Waals surface area (Å²) >= 11 is 0.0230. The Morgan fingerprint density at radius 2 is 2.08 bits per heavy atom. The van der Waals surface area contributed by atoms with Gasteiger partial charge < -0.3 is 3.79 Å². The maximum Gasteiger partial charge on any atom is 0.519 e. The second-order valence-electron chi connectivity index (χ2n) is 2.68. The van der Waals surface area contributed by atoms with E-state index < -0.39 is 0 Å². The van der Waals surface area contributed by atoms with Crippen LogP contribution in [0.1, 0.15) is 0 Å². The van der Waals surface area contributed by atoms with Crippen LogP contribution in [0.3, 0.4) is 0 Å². The Hall–Kier alpha value is -1.04. The summed E-state index contributed by atoms with van der Waals surface area (Å²) in [6, 6.07) is 9.98. The van der Waals surface area contributed by atoms with Gasteiger partial charge in [-0.25, -0.2) is 0 Å². The maximum atomic E-state index is 5.54. The van der Waals surface area contributed by atoms with Crippen LogP contribution in [0.4, 0.5) is 0 Å². The molecule has 0 bridgehead atoms. The minimum absolute atomic E-state index is 0.0230. The summed E-state index contributed by atoms with van der Waals surface area (Å²) in [5.41, 5.74) is 0.958. The highest BCUT2D eigenvalue weighted by Crippen LogP contribution is 2.22. The summed E-state index contributed by atoms with van der Waals surface area (Å²) in [5, 5.41) is 1.13. The van der Waals surface area contributed by atoms with Gasteiger partial charge in [-0.2, -0.15) is 0 Å². The van der Waals surface area contributed by atoms with Gasteiger partial charge in [0, 0.05) is 11.6 Å². The summed E-state index contributed by atoms with van der Waals surface area (Å²) in [6.07, 6.45) is 1.79. The number of para-hydroxylation sites is 1. The highest BCUT2D eigenvalue weighted by Gasteiger charge is 2.00. The molecule has 2 rings (SSSR count). The van der Waals surface area contributed by atoms with Crippen molar-refractivity contribution < 1.29 is 3.79 Å². The molecular weight excluding hydrogens is 177 g/mol. The molecule has 63 valence electrons. The van der Waals surface area contributed by atoms with E-state index in [-0.39, 0.29) is 15.6 Å². The smallest absolute Gasteiger partial charge is 0.519 e. The van der Waals surface area contributed by atoms with Gasteiger partial charge in [0.15, 0.2) is 0 Å². The minimum Gasteiger partial charge on any atom is -0.646 e. The number of pyridine rings is 1. The van der Waals surface area contributed by atoms with Crippen LogP contribution in [0.25, 0.3) is 10.9 Å². The largest absolute Gasteiger partial charge is 0.646 e. The molecule has 0 aliphatic carbocycles. The first-order valence-corrected chi connectivity index (χ1v) is 5.82. The molecular formula is C10H9AlNO. The van der Waals surface area contributed by atoms with Gasteiger partial charge in [-0.1, -0.05) is 24.0 Å². The number of benzene rings is 1. The standard InChI is InChI=1S/C9H7NO.CH3.Al/c11-8-5-1-3-7-4-2-6-10-9(7)8;;/h1-6,11H;1H3;/q;;+1/p-1. The van der Waals surface area contributed by atoms with Gasteiger partial charge in [0.2, 0.25) is 0 Å². The average Bonchev–Trinajstić information content (AvgIpc) is 2.19. The average molecular weight is 186 g/mol. The predicted molar refractivity (Wildman–Crippen MR) is 54.0 cm³/mol. The van der Waals surface area contributed by atoms with E-state index >= 15 is 0 Å². The summed E-state index contributed by atoms with van der Waals surface area (Å²) < 4.78 is 5.54.